The standard InChI is InChI=1S/C26H25N3O4S/c1-4-5-13-32-17-10-8-9-16(14-17)21-20-22(30)18-11-6-7-12-19(18)33-23(20)25(31)29(21)26-28-27-24(34-26)15(2)3/h6-12,14-15,21H,4-5,13H2,1-3H3. The van der Waals surface area contributed by atoms with E-state index in [0.717, 1.165) is 23.4 Å². The van der Waals surface area contributed by atoms with Crippen LogP contribution in [0.3, 0.4) is 0 Å². The lowest BCUT2D eigenvalue weighted by Crippen LogP contribution is -2.29. The van der Waals surface area contributed by atoms with E-state index in [1.54, 1.807) is 24.3 Å². The number of unbranched alkanes of at least 4 members (excludes halogenated alkanes) is 1. The molecule has 0 aliphatic carbocycles. The number of ether oxygens (including phenoxy) is 1. The van der Waals surface area contributed by atoms with Crippen molar-refractivity contribution in [2.45, 2.75) is 45.6 Å². The van der Waals surface area contributed by atoms with Crippen molar-refractivity contribution in [3.63, 3.8) is 0 Å². The van der Waals surface area contributed by atoms with Gasteiger partial charge in [-0.1, -0.05) is 62.8 Å². The molecule has 0 saturated heterocycles. The molecule has 3 heterocycles. The maximum atomic E-state index is 13.7. The molecular weight excluding hydrogens is 450 g/mol. The molecule has 1 atom stereocenters. The number of anilines is 1. The lowest BCUT2D eigenvalue weighted by molar-refractivity contribution is 0.0970. The minimum absolute atomic E-state index is 0.0484. The Morgan fingerprint density at radius 1 is 1.12 bits per heavy atom. The van der Waals surface area contributed by atoms with Crippen molar-refractivity contribution in [2.75, 3.05) is 11.5 Å². The van der Waals surface area contributed by atoms with E-state index in [4.69, 9.17) is 9.15 Å². The normalized spacial score (nSPS) is 15.4. The summed E-state index contributed by atoms with van der Waals surface area (Å²) in [4.78, 5) is 28.8. The third-order valence-electron chi connectivity index (χ3n) is 5.85. The second kappa shape index (κ2) is 9.02. The second-order valence-electron chi connectivity index (χ2n) is 8.60. The third kappa shape index (κ3) is 3.77. The highest BCUT2D eigenvalue weighted by Crippen LogP contribution is 2.43. The molecule has 2 aromatic carbocycles. The number of carbonyl (C=O) groups excluding carboxylic acids is 1. The van der Waals surface area contributed by atoms with E-state index in [0.29, 0.717) is 34.0 Å². The van der Waals surface area contributed by atoms with Gasteiger partial charge < -0.3 is 9.15 Å². The predicted octanol–water partition coefficient (Wildman–Crippen LogP) is 5.70. The van der Waals surface area contributed by atoms with E-state index in [1.165, 1.54) is 16.2 Å². The fourth-order valence-electron chi connectivity index (χ4n) is 4.10. The smallest absolute Gasteiger partial charge is 0.297 e. The molecule has 7 nitrogen and oxygen atoms in total. The number of aromatic nitrogens is 2. The molecule has 4 aromatic rings. The summed E-state index contributed by atoms with van der Waals surface area (Å²) in [6, 6.07) is 13.8. The van der Waals surface area contributed by atoms with Gasteiger partial charge in [0, 0.05) is 5.92 Å². The highest BCUT2D eigenvalue weighted by molar-refractivity contribution is 7.15. The number of nitrogens with zero attached hydrogens (tertiary/aromatic N) is 3. The number of amides is 1. The Hall–Kier alpha value is -3.52. The monoisotopic (exact) mass is 475 g/mol. The highest BCUT2D eigenvalue weighted by atomic mass is 32.1. The van der Waals surface area contributed by atoms with Crippen LogP contribution in [0.1, 0.15) is 72.3 Å². The molecule has 2 aromatic heterocycles. The largest absolute Gasteiger partial charge is 0.494 e. The van der Waals surface area contributed by atoms with Crippen molar-refractivity contribution < 1.29 is 13.9 Å². The Labute approximate surface area is 201 Å². The van der Waals surface area contributed by atoms with Gasteiger partial charge in [-0.25, -0.2) is 0 Å². The van der Waals surface area contributed by atoms with Crippen molar-refractivity contribution in [1.82, 2.24) is 10.2 Å². The van der Waals surface area contributed by atoms with Gasteiger partial charge in [-0.3, -0.25) is 14.5 Å². The van der Waals surface area contributed by atoms with E-state index in [1.807, 2.05) is 38.1 Å². The number of fused-ring (bicyclic) bond motifs is 2. The van der Waals surface area contributed by atoms with Crippen molar-refractivity contribution in [2.24, 2.45) is 0 Å². The molecule has 0 N–H and O–H groups in total. The average Bonchev–Trinajstić information content (AvgIpc) is 3.43. The Morgan fingerprint density at radius 3 is 2.71 bits per heavy atom. The Balaban J connectivity index is 1.69. The van der Waals surface area contributed by atoms with Gasteiger partial charge in [0.25, 0.3) is 5.91 Å². The van der Waals surface area contributed by atoms with Crippen molar-refractivity contribution in [1.29, 1.82) is 0 Å². The SMILES string of the molecule is CCCCOc1cccc(C2c3c(oc4ccccc4c3=O)C(=O)N2c2nnc(C(C)C)s2)c1. The molecule has 0 bridgehead atoms. The highest BCUT2D eigenvalue weighted by Gasteiger charge is 2.45. The van der Waals surface area contributed by atoms with E-state index in [2.05, 4.69) is 17.1 Å². The first-order valence-electron chi connectivity index (χ1n) is 11.4. The summed E-state index contributed by atoms with van der Waals surface area (Å²) in [5, 5.41) is 10.3. The van der Waals surface area contributed by atoms with Gasteiger partial charge in [0.2, 0.25) is 10.9 Å². The van der Waals surface area contributed by atoms with Crippen molar-refractivity contribution >= 4 is 33.3 Å². The van der Waals surface area contributed by atoms with Gasteiger partial charge in [0.05, 0.1) is 23.6 Å². The summed E-state index contributed by atoms with van der Waals surface area (Å²) in [5.41, 5.74) is 1.24. The van der Waals surface area contributed by atoms with Gasteiger partial charge in [0.15, 0.2) is 5.43 Å². The summed E-state index contributed by atoms with van der Waals surface area (Å²) in [6.07, 6.45) is 1.97. The molecule has 0 spiro atoms. The van der Waals surface area contributed by atoms with Gasteiger partial charge >= 0.3 is 0 Å². The first-order chi connectivity index (χ1) is 16.5. The van der Waals surface area contributed by atoms with Gasteiger partial charge in [0.1, 0.15) is 16.3 Å². The van der Waals surface area contributed by atoms with Gasteiger partial charge in [-0.15, -0.1) is 10.2 Å². The molecule has 1 aliphatic rings. The van der Waals surface area contributed by atoms with Crippen LogP contribution in [0.25, 0.3) is 11.0 Å². The fourth-order valence-corrected chi connectivity index (χ4v) is 4.97. The molecule has 34 heavy (non-hydrogen) atoms. The lowest BCUT2D eigenvalue weighted by atomic mass is 9.98. The molecule has 8 heteroatoms. The molecule has 1 aliphatic heterocycles. The second-order valence-corrected chi connectivity index (χ2v) is 9.59. The van der Waals surface area contributed by atoms with E-state index < -0.39 is 11.9 Å². The molecular formula is C26H25N3O4S. The topological polar surface area (TPSA) is 85.5 Å². The zero-order chi connectivity index (χ0) is 23.8. The number of hydrogen-bond acceptors (Lipinski definition) is 7. The first kappa shape index (κ1) is 22.3. The minimum atomic E-state index is -0.689. The van der Waals surface area contributed by atoms with Crippen LogP contribution in [0, 0.1) is 0 Å². The van der Waals surface area contributed by atoms with Crippen LogP contribution in [0.5, 0.6) is 5.75 Å². The Kier molecular flexibility index (Phi) is 5.91. The summed E-state index contributed by atoms with van der Waals surface area (Å²) in [5.74, 6) is 0.512. The average molecular weight is 476 g/mol. The van der Waals surface area contributed by atoms with Gasteiger partial charge in [-0.05, 0) is 36.2 Å². The van der Waals surface area contributed by atoms with Gasteiger partial charge in [-0.2, -0.15) is 0 Å². The molecule has 0 saturated carbocycles. The predicted molar refractivity (Wildman–Crippen MR) is 132 cm³/mol. The summed E-state index contributed by atoms with van der Waals surface area (Å²) >= 11 is 1.35. The van der Waals surface area contributed by atoms with E-state index in [-0.39, 0.29) is 17.1 Å². The molecule has 0 fully saturated rings. The zero-order valence-corrected chi connectivity index (χ0v) is 20.1. The Bertz CT molecular complexity index is 1430. The minimum Gasteiger partial charge on any atom is -0.494 e. The maximum Gasteiger partial charge on any atom is 0.297 e. The summed E-state index contributed by atoms with van der Waals surface area (Å²) in [6.45, 7) is 6.76. The molecule has 1 amide bonds. The van der Waals surface area contributed by atoms with Crippen molar-refractivity contribution in [3.05, 3.63) is 80.6 Å². The van der Waals surface area contributed by atoms with Crippen LogP contribution in [-0.4, -0.2) is 22.7 Å². The third-order valence-corrected chi connectivity index (χ3v) is 7.07. The quantitative estimate of drug-likeness (QED) is 0.319. The number of rotatable bonds is 7. The first-order valence-corrected chi connectivity index (χ1v) is 12.3. The van der Waals surface area contributed by atoms with Crippen LogP contribution in [0.2, 0.25) is 0 Å². The number of benzene rings is 2. The lowest BCUT2D eigenvalue weighted by Gasteiger charge is -2.22. The maximum absolute atomic E-state index is 13.7. The van der Waals surface area contributed by atoms with Crippen LogP contribution < -0.4 is 15.1 Å². The summed E-state index contributed by atoms with van der Waals surface area (Å²) in [7, 11) is 0. The van der Waals surface area contributed by atoms with Crippen LogP contribution in [-0.2, 0) is 0 Å². The van der Waals surface area contributed by atoms with E-state index >= 15 is 0 Å². The van der Waals surface area contributed by atoms with Crippen molar-refractivity contribution in [3.8, 4) is 5.75 Å². The molecule has 0 radical (unpaired) electrons. The van der Waals surface area contributed by atoms with Crippen LogP contribution in [0.15, 0.2) is 57.7 Å². The van der Waals surface area contributed by atoms with E-state index in [9.17, 15) is 9.59 Å². The number of para-hydroxylation sites is 1. The molecule has 5 rings (SSSR count). The number of hydrogen-bond donors (Lipinski definition) is 0. The molecule has 1 unspecified atom stereocenters. The van der Waals surface area contributed by atoms with Crippen LogP contribution >= 0.6 is 11.3 Å². The number of carbonyl (C=O) groups is 1. The summed E-state index contributed by atoms with van der Waals surface area (Å²) < 4.78 is 11.9. The van der Waals surface area contributed by atoms with Crippen LogP contribution in [0.4, 0.5) is 5.13 Å². The zero-order valence-electron chi connectivity index (χ0n) is 19.3. The fraction of sp³-hybridized carbons (Fsp3) is 0.308. The Morgan fingerprint density at radius 2 is 1.94 bits per heavy atom. The molecule has 174 valence electrons.